The first-order valence-corrected chi connectivity index (χ1v) is 20.3. The van der Waals surface area contributed by atoms with Gasteiger partial charge in [0.05, 0.1) is 49.8 Å². The van der Waals surface area contributed by atoms with E-state index in [4.69, 9.17) is 23.7 Å². The van der Waals surface area contributed by atoms with E-state index in [1.165, 1.54) is 7.11 Å². The van der Waals surface area contributed by atoms with Gasteiger partial charge in [0, 0.05) is 19.4 Å². The van der Waals surface area contributed by atoms with Gasteiger partial charge in [0.25, 0.3) is 0 Å². The topological polar surface area (TPSA) is 228 Å². The van der Waals surface area contributed by atoms with Crippen LogP contribution in [0.2, 0.25) is 0 Å². The normalized spacial score (nSPS) is 50.5. The van der Waals surface area contributed by atoms with Gasteiger partial charge in [-0.25, -0.2) is 0 Å². The minimum atomic E-state index is -1.41. The molecule has 9 N–H and O–H groups in total. The van der Waals surface area contributed by atoms with E-state index in [-0.39, 0.29) is 43.3 Å². The molecular formula is C40H68O14. The first-order valence-electron chi connectivity index (χ1n) is 20.3. The van der Waals surface area contributed by atoms with Gasteiger partial charge in [0.15, 0.2) is 12.6 Å². The highest BCUT2D eigenvalue weighted by Gasteiger charge is 2.72. The predicted octanol–water partition coefficient (Wildman–Crippen LogP) is 0.605. The van der Waals surface area contributed by atoms with E-state index in [0.29, 0.717) is 44.6 Å². The summed E-state index contributed by atoms with van der Waals surface area (Å²) in [6.45, 7) is 10.7. The highest BCUT2D eigenvalue weighted by molar-refractivity contribution is 5.33. The minimum Gasteiger partial charge on any atom is -0.390 e. The number of aliphatic hydroxyl groups is 9. The van der Waals surface area contributed by atoms with Gasteiger partial charge in [-0.2, -0.15) is 0 Å². The van der Waals surface area contributed by atoms with Gasteiger partial charge in [-0.05, 0) is 84.5 Å². The molecule has 6 aliphatic rings. The average molecular weight is 773 g/mol. The van der Waals surface area contributed by atoms with Crippen LogP contribution in [0.1, 0.15) is 86.0 Å². The number of hydrogen-bond donors (Lipinski definition) is 9. The number of aliphatic hydroxyl groups excluding tert-OH is 8. The fourth-order valence-electron chi connectivity index (χ4n) is 12.1. The van der Waals surface area contributed by atoms with E-state index < -0.39 is 96.0 Å². The quantitative estimate of drug-likeness (QED) is 0.124. The van der Waals surface area contributed by atoms with Gasteiger partial charge >= 0.3 is 0 Å². The van der Waals surface area contributed by atoms with Crippen molar-refractivity contribution in [2.24, 2.45) is 46.3 Å². The molecule has 2 aliphatic heterocycles. The Labute approximate surface area is 319 Å². The van der Waals surface area contributed by atoms with E-state index >= 15 is 0 Å². The lowest BCUT2D eigenvalue weighted by molar-refractivity contribution is -0.285. The molecule has 0 radical (unpaired) electrons. The van der Waals surface area contributed by atoms with E-state index in [2.05, 4.69) is 34.6 Å². The Morgan fingerprint density at radius 3 is 2.13 bits per heavy atom. The molecule has 14 nitrogen and oxygen atoms in total. The largest absolute Gasteiger partial charge is 0.390 e. The lowest BCUT2D eigenvalue weighted by Gasteiger charge is -2.64. The van der Waals surface area contributed by atoms with Crippen molar-refractivity contribution in [3.8, 4) is 0 Å². The van der Waals surface area contributed by atoms with Gasteiger partial charge in [-0.15, -0.1) is 0 Å². The Morgan fingerprint density at radius 1 is 0.796 bits per heavy atom. The molecule has 0 bridgehead atoms. The second kappa shape index (κ2) is 16.4. The van der Waals surface area contributed by atoms with Crippen molar-refractivity contribution >= 4 is 0 Å². The van der Waals surface area contributed by atoms with Crippen molar-refractivity contribution < 1.29 is 69.6 Å². The molecule has 2 saturated heterocycles. The van der Waals surface area contributed by atoms with Crippen molar-refractivity contribution in [3.05, 3.63) is 11.6 Å². The maximum Gasteiger partial charge on any atom is 0.187 e. The zero-order chi connectivity index (χ0) is 39.5. The molecule has 0 aromatic heterocycles. The summed E-state index contributed by atoms with van der Waals surface area (Å²) >= 11 is 0. The molecule has 5 fully saturated rings. The molecule has 0 amide bonds. The number of methoxy groups -OCH3 is 1. The molecule has 2 heterocycles. The van der Waals surface area contributed by atoms with Gasteiger partial charge < -0.3 is 69.6 Å². The van der Waals surface area contributed by atoms with Gasteiger partial charge in [0.2, 0.25) is 0 Å². The molecule has 0 aromatic carbocycles. The number of ether oxygens (including phenoxy) is 5. The highest BCUT2D eigenvalue weighted by atomic mass is 16.7. The molecule has 6 rings (SSSR count). The van der Waals surface area contributed by atoms with Crippen molar-refractivity contribution in [1.82, 2.24) is 0 Å². The van der Waals surface area contributed by atoms with Crippen molar-refractivity contribution in [2.75, 3.05) is 26.9 Å². The molecular weight excluding hydrogens is 704 g/mol. The van der Waals surface area contributed by atoms with Crippen LogP contribution in [0, 0.1) is 46.3 Å². The van der Waals surface area contributed by atoms with Crippen LogP contribution in [0.25, 0.3) is 0 Å². The SMILES string of the molecule is CO[C@H]1[C@H](O[C@@H]2C=C3[C@H](O)C[C@@]4(O)[C@@H]5[C@@H](O)[C@H](O)[C@H]([C@H](C)CC[C@H](CCO[C@@H]6OC[C@@H](O)[C@H](O)[C@H]6O)C(C)C)[C@@]5(C)CC[C@@H]4[C@@]3(C)CC2)OC[C@@H](O)[C@@H]1O. The summed E-state index contributed by atoms with van der Waals surface area (Å²) in [5, 5.41) is 98.7. The van der Waals surface area contributed by atoms with Crippen LogP contribution in [0.4, 0.5) is 0 Å². The molecule has 0 unspecified atom stereocenters. The fraction of sp³-hybridized carbons (Fsp3) is 0.950. The Morgan fingerprint density at radius 2 is 1.46 bits per heavy atom. The maximum atomic E-state index is 12.8. The molecule has 0 spiro atoms. The first-order chi connectivity index (χ1) is 25.4. The third-order valence-corrected chi connectivity index (χ3v) is 15.1. The Bertz CT molecular complexity index is 1300. The van der Waals surface area contributed by atoms with Gasteiger partial charge in [-0.1, -0.05) is 47.1 Å². The van der Waals surface area contributed by atoms with Crippen molar-refractivity contribution in [3.63, 3.8) is 0 Å². The highest BCUT2D eigenvalue weighted by Crippen LogP contribution is 2.69. The van der Waals surface area contributed by atoms with Gasteiger partial charge in [-0.3, -0.25) is 0 Å². The van der Waals surface area contributed by atoms with Crippen LogP contribution in [0.5, 0.6) is 0 Å². The third kappa shape index (κ3) is 7.49. The lowest BCUT2D eigenvalue weighted by atomic mass is 9.43. The zero-order valence-corrected chi connectivity index (χ0v) is 32.8. The van der Waals surface area contributed by atoms with Crippen LogP contribution < -0.4 is 0 Å². The smallest absolute Gasteiger partial charge is 0.187 e. The van der Waals surface area contributed by atoms with Crippen LogP contribution >= 0.6 is 0 Å². The summed E-state index contributed by atoms with van der Waals surface area (Å²) in [6.07, 6.45) is -5.63. The Kier molecular flexibility index (Phi) is 13.0. The van der Waals surface area contributed by atoms with Crippen molar-refractivity contribution in [2.45, 2.75) is 165 Å². The molecule has 312 valence electrons. The third-order valence-electron chi connectivity index (χ3n) is 15.1. The lowest BCUT2D eigenvalue weighted by Crippen LogP contribution is -2.66. The number of fused-ring (bicyclic) bond motifs is 5. The summed E-state index contributed by atoms with van der Waals surface area (Å²) in [7, 11) is 1.42. The molecule has 4 aliphatic carbocycles. The minimum absolute atomic E-state index is 0.0248. The molecule has 3 saturated carbocycles. The summed E-state index contributed by atoms with van der Waals surface area (Å²) < 4.78 is 28.5. The van der Waals surface area contributed by atoms with Gasteiger partial charge in [0.1, 0.15) is 36.6 Å². The van der Waals surface area contributed by atoms with Crippen molar-refractivity contribution in [1.29, 1.82) is 0 Å². The van der Waals surface area contributed by atoms with E-state index in [0.717, 1.165) is 18.4 Å². The molecule has 0 aromatic rings. The van der Waals surface area contributed by atoms with Crippen LogP contribution in [-0.2, 0) is 23.7 Å². The van der Waals surface area contributed by atoms with E-state index in [1.54, 1.807) is 0 Å². The zero-order valence-electron chi connectivity index (χ0n) is 32.8. The monoisotopic (exact) mass is 772 g/mol. The molecule has 14 heteroatoms. The van der Waals surface area contributed by atoms with Crippen LogP contribution in [0.3, 0.4) is 0 Å². The predicted molar refractivity (Wildman–Crippen MR) is 193 cm³/mol. The second-order valence-electron chi connectivity index (χ2n) is 18.5. The maximum absolute atomic E-state index is 12.8. The summed E-state index contributed by atoms with van der Waals surface area (Å²) in [6, 6.07) is 0. The second-order valence-corrected chi connectivity index (χ2v) is 18.5. The standard InChI is InChI=1S/C40H68O14/c1-19(2)21(11-14-51-36-33(48)29(44)25(42)17-52-36)8-7-20(3)28-31(46)32(47)35-39(28,5)13-10-27-38(4)12-9-22(15-23(38)24(41)16-40(27,35)49)54-37-34(50-6)30(45)26(43)18-53-37/h15,19-22,24-37,41-49H,7-14,16-18H2,1-6H3/t20-,21-,22+,24-,25-,26-,27-,28+,29+,30+,31-,32+,33-,34-,35-,36-,37+,38+,39-,40+/m1/s1. The molecule has 54 heavy (non-hydrogen) atoms. The Balaban J connectivity index is 1.12. The first kappa shape index (κ1) is 42.8. The van der Waals surface area contributed by atoms with Crippen LogP contribution in [0.15, 0.2) is 11.6 Å². The number of rotatable bonds is 12. The van der Waals surface area contributed by atoms with E-state index in [9.17, 15) is 46.0 Å². The summed E-state index contributed by atoms with van der Waals surface area (Å²) in [4.78, 5) is 0. The average Bonchev–Trinajstić information content (AvgIpc) is 3.32. The summed E-state index contributed by atoms with van der Waals surface area (Å²) in [5.41, 5.74) is -1.77. The molecule has 20 atom stereocenters. The number of hydrogen-bond acceptors (Lipinski definition) is 14. The van der Waals surface area contributed by atoms with Crippen LogP contribution in [-0.4, -0.2) is 152 Å². The summed E-state index contributed by atoms with van der Waals surface area (Å²) in [5.74, 6) is -0.552. The fourth-order valence-corrected chi connectivity index (χ4v) is 12.1. The Hall–Kier alpha value is -0.820. The van der Waals surface area contributed by atoms with E-state index in [1.807, 2.05) is 6.08 Å².